The van der Waals surface area contributed by atoms with Crippen molar-refractivity contribution in [2.75, 3.05) is 33.9 Å². The summed E-state index contributed by atoms with van der Waals surface area (Å²) in [6.07, 6.45) is 1.58. The van der Waals surface area contributed by atoms with Gasteiger partial charge in [0.25, 0.3) is 17.4 Å². The number of aromatic nitrogens is 5. The van der Waals surface area contributed by atoms with E-state index in [2.05, 4.69) is 10.4 Å². The lowest BCUT2D eigenvalue weighted by Crippen LogP contribution is -2.53. The zero-order valence-corrected chi connectivity index (χ0v) is 36.6. The molecule has 0 radical (unpaired) electrons. The molecule has 0 bridgehead atoms. The molecule has 19 heteroatoms. The van der Waals surface area contributed by atoms with E-state index >= 15 is 9.59 Å². The van der Waals surface area contributed by atoms with Crippen molar-refractivity contribution in [3.8, 4) is 28.7 Å². The molecule has 2 fully saturated rings. The zero-order chi connectivity index (χ0) is 45.4. The Labute approximate surface area is 374 Å². The van der Waals surface area contributed by atoms with Crippen LogP contribution in [0.2, 0.25) is 10.0 Å². The average molecular weight is 911 g/mol. The number of phenols is 1. The molecule has 64 heavy (non-hydrogen) atoms. The van der Waals surface area contributed by atoms with Crippen molar-refractivity contribution in [3.63, 3.8) is 0 Å². The Kier molecular flexibility index (Phi) is 10.6. The van der Waals surface area contributed by atoms with Gasteiger partial charge in [0.15, 0.2) is 11.5 Å². The molecule has 4 unspecified atom stereocenters. The molecule has 2 aromatic heterocycles. The van der Waals surface area contributed by atoms with Gasteiger partial charge in [0.2, 0.25) is 0 Å². The number of hydrazine groups is 1. The van der Waals surface area contributed by atoms with Crippen LogP contribution < -0.4 is 41.3 Å². The maximum absolute atomic E-state index is 15.6. The van der Waals surface area contributed by atoms with Crippen molar-refractivity contribution < 1.29 is 33.6 Å². The van der Waals surface area contributed by atoms with Gasteiger partial charge in [-0.2, -0.15) is 5.01 Å². The minimum absolute atomic E-state index is 0.0779. The fourth-order valence-corrected chi connectivity index (χ4v) is 10.1. The number of hydrogen-bond donors (Lipinski definition) is 2. The van der Waals surface area contributed by atoms with Gasteiger partial charge in [0.05, 0.1) is 74.1 Å². The molecule has 2 amide bonds. The van der Waals surface area contributed by atoms with Crippen molar-refractivity contribution in [3.05, 3.63) is 143 Å². The van der Waals surface area contributed by atoms with Crippen LogP contribution in [0.5, 0.6) is 28.7 Å². The number of carbonyl (C=O) groups is 2. The molecule has 2 N–H and O–H groups in total. The first-order valence-electron chi connectivity index (χ1n) is 20.1. The number of anilines is 1. The third-order valence-electron chi connectivity index (χ3n) is 12.7. The van der Waals surface area contributed by atoms with E-state index in [0.717, 1.165) is 9.58 Å². The summed E-state index contributed by atoms with van der Waals surface area (Å²) in [5.41, 5.74) is 1.89. The highest BCUT2D eigenvalue weighted by Crippen LogP contribution is 2.63. The van der Waals surface area contributed by atoms with Crippen LogP contribution in [0.25, 0.3) is 11.0 Å². The first-order valence-corrected chi connectivity index (χ1v) is 20.9. The van der Waals surface area contributed by atoms with E-state index in [0.29, 0.717) is 50.2 Å². The molecule has 6 aromatic rings. The van der Waals surface area contributed by atoms with Crippen molar-refractivity contribution in [1.29, 1.82) is 0 Å². The smallest absolute Gasteiger partial charge is 0.347 e. The fourth-order valence-electron chi connectivity index (χ4n) is 9.67. The molecular formula is C45H41Cl2N7O10. The summed E-state index contributed by atoms with van der Waals surface area (Å²) in [6, 6.07) is 18.3. The lowest BCUT2D eigenvalue weighted by Gasteiger charge is -2.49. The van der Waals surface area contributed by atoms with Gasteiger partial charge in [-0.1, -0.05) is 41.4 Å². The maximum atomic E-state index is 15.6. The number of fused-ring (bicyclic) bond motifs is 5. The average Bonchev–Trinajstić information content (AvgIpc) is 3.67. The van der Waals surface area contributed by atoms with Gasteiger partial charge in [-0.15, -0.1) is 0 Å². The van der Waals surface area contributed by atoms with Gasteiger partial charge in [-0.25, -0.2) is 28.5 Å². The molecule has 1 saturated heterocycles. The van der Waals surface area contributed by atoms with Crippen LogP contribution in [-0.4, -0.2) is 73.9 Å². The molecule has 4 atom stereocenters. The Hall–Kier alpha value is -6.98. The van der Waals surface area contributed by atoms with Gasteiger partial charge in [0, 0.05) is 48.6 Å². The van der Waals surface area contributed by atoms with Crippen LogP contribution in [0.1, 0.15) is 35.2 Å². The number of halogens is 2. The largest absolute Gasteiger partial charge is 0.508 e. The molecule has 330 valence electrons. The summed E-state index contributed by atoms with van der Waals surface area (Å²) in [4.78, 5) is 77.8. The van der Waals surface area contributed by atoms with Gasteiger partial charge in [-0.3, -0.25) is 19.8 Å². The van der Waals surface area contributed by atoms with Crippen LogP contribution in [0.4, 0.5) is 5.69 Å². The molecule has 2 aliphatic heterocycles. The van der Waals surface area contributed by atoms with Crippen LogP contribution >= 0.6 is 23.2 Å². The van der Waals surface area contributed by atoms with E-state index in [1.165, 1.54) is 54.5 Å². The van der Waals surface area contributed by atoms with Crippen molar-refractivity contribution in [2.24, 2.45) is 13.0 Å². The minimum atomic E-state index is -1.75. The predicted octanol–water partition coefficient (Wildman–Crippen LogP) is 4.97. The summed E-state index contributed by atoms with van der Waals surface area (Å²) < 4.78 is 27.0. The third-order valence-corrected chi connectivity index (χ3v) is 13.2. The number of amides is 2. The van der Waals surface area contributed by atoms with Gasteiger partial charge < -0.3 is 28.6 Å². The van der Waals surface area contributed by atoms with Gasteiger partial charge in [-0.05, 0) is 66.1 Å². The number of nitrogens with zero attached hydrogens (tertiary/aromatic N) is 6. The summed E-state index contributed by atoms with van der Waals surface area (Å²) in [5, 5.41) is 13.2. The topological polar surface area (TPSA) is 190 Å². The number of aromatic hydroxyl groups is 1. The quantitative estimate of drug-likeness (QED) is 0.131. The first kappa shape index (κ1) is 42.3. The Balaban J connectivity index is 1.19. The summed E-state index contributed by atoms with van der Waals surface area (Å²) in [7, 11) is 7.53. The first-order chi connectivity index (χ1) is 30.8. The number of aryl methyl sites for hydroxylation is 2. The second-order valence-electron chi connectivity index (χ2n) is 15.7. The molecule has 3 aliphatic rings. The molecule has 9 rings (SSSR count). The number of ether oxygens (including phenoxy) is 4. The number of carbonyl (C=O) groups excluding carboxylic acids is 2. The Morgan fingerprint density at radius 2 is 1.55 bits per heavy atom. The van der Waals surface area contributed by atoms with Crippen LogP contribution in [0.15, 0.2) is 98.8 Å². The molecule has 0 spiro atoms. The number of hydrogen-bond acceptors (Lipinski definition) is 12. The fraction of sp³-hybridized carbons (Fsp3) is 0.289. The molecule has 4 heterocycles. The second kappa shape index (κ2) is 16.0. The number of methoxy groups -OCH3 is 4. The van der Waals surface area contributed by atoms with E-state index in [1.54, 1.807) is 73.8 Å². The highest BCUT2D eigenvalue weighted by Gasteiger charge is 2.69. The molecule has 17 nitrogen and oxygen atoms in total. The van der Waals surface area contributed by atoms with E-state index < -0.39 is 52.0 Å². The number of imide groups is 1. The normalized spacial score (nSPS) is 20.1. The monoisotopic (exact) mass is 909 g/mol. The number of allylic oxidation sites excluding steroid dienone is 2. The lowest BCUT2D eigenvalue weighted by molar-refractivity contribution is -0.138. The number of phenolic OH excluding ortho intramolecular Hbond substituents is 1. The minimum Gasteiger partial charge on any atom is -0.508 e. The van der Waals surface area contributed by atoms with Crippen molar-refractivity contribution in [1.82, 2.24) is 28.5 Å². The van der Waals surface area contributed by atoms with E-state index in [1.807, 2.05) is 0 Å². The summed E-state index contributed by atoms with van der Waals surface area (Å²) >= 11 is 12.8. The van der Waals surface area contributed by atoms with E-state index in [4.69, 9.17) is 42.1 Å². The van der Waals surface area contributed by atoms with Gasteiger partial charge in [0.1, 0.15) is 22.9 Å². The van der Waals surface area contributed by atoms with Crippen molar-refractivity contribution >= 4 is 51.7 Å². The van der Waals surface area contributed by atoms with Gasteiger partial charge >= 0.3 is 11.4 Å². The third kappa shape index (κ3) is 6.35. The Morgan fingerprint density at radius 3 is 2.23 bits per heavy atom. The van der Waals surface area contributed by atoms with Crippen molar-refractivity contribution in [2.45, 2.75) is 43.3 Å². The summed E-state index contributed by atoms with van der Waals surface area (Å²) in [5.74, 6) is -2.11. The maximum Gasteiger partial charge on any atom is 0.347 e. The second-order valence-corrected chi connectivity index (χ2v) is 16.5. The Morgan fingerprint density at radius 1 is 0.844 bits per heavy atom. The lowest BCUT2D eigenvalue weighted by atomic mass is 9.53. The Bertz CT molecular complexity index is 3140. The number of benzene rings is 4. The standard InChI is InChI=1S/C45H41Cl2N7O10/c1-50-35-22-38(64-5)37(63-4)21-33(35)48-32(41(50)57)15-16-51-43(59)52-17-14-27-34(54(52)44(51)60)20-29-40(56)53(49-31-12-8-24(46)18-30(31)47)42(58)45(29,23-6-9-25(61-2)10-7-23)39(27)28-19-26(62-3)11-13-36(28)55/h6-14,18-19,21-22,29,34,39,49,55H,15-17,20H2,1-5H3. The van der Waals surface area contributed by atoms with E-state index in [-0.39, 0.29) is 53.6 Å². The van der Waals surface area contributed by atoms with Crippen LogP contribution in [-0.2, 0) is 41.6 Å². The predicted molar refractivity (Wildman–Crippen MR) is 236 cm³/mol. The van der Waals surface area contributed by atoms with Crippen LogP contribution in [0, 0.1) is 5.92 Å². The van der Waals surface area contributed by atoms with Crippen LogP contribution in [0.3, 0.4) is 0 Å². The molecular weight excluding hydrogens is 869 g/mol. The molecule has 1 aliphatic carbocycles. The highest BCUT2D eigenvalue weighted by atomic mass is 35.5. The highest BCUT2D eigenvalue weighted by molar-refractivity contribution is 6.36. The SMILES string of the molecule is COc1ccc(C23C(=O)N(Nc4ccc(Cl)cc4Cl)C(=O)C2CC2C(=CCn4c(=O)n(CCc5nc6cc(OC)c(OC)cc6n(C)c5=O)c(=O)n42)C3c2cc(OC)ccc2O)cc1. The number of nitrogens with one attached hydrogen (secondary N) is 1. The number of rotatable bonds is 11. The zero-order valence-electron chi connectivity index (χ0n) is 35.1. The summed E-state index contributed by atoms with van der Waals surface area (Å²) in [6.45, 7) is -0.302. The molecule has 1 saturated carbocycles. The molecule has 4 aromatic carbocycles. The van der Waals surface area contributed by atoms with E-state index in [9.17, 15) is 19.5 Å².